The topological polar surface area (TPSA) is 13.1 Å². The molecule has 0 amide bonds. The van der Waals surface area contributed by atoms with Gasteiger partial charge in [-0.05, 0) is 37.1 Å². The van der Waals surface area contributed by atoms with Crippen LogP contribution in [0.4, 0.5) is 0 Å². The lowest BCUT2D eigenvalue weighted by Crippen LogP contribution is -1.94. The highest BCUT2D eigenvalue weighted by atomic mass is 35.5. The van der Waals surface area contributed by atoms with Gasteiger partial charge in [-0.25, -0.2) is 0 Å². The number of aryl methyl sites for hydroxylation is 1. The summed E-state index contributed by atoms with van der Waals surface area (Å²) in [4.78, 5) is 0. The molecule has 1 aromatic heterocycles. The molecule has 1 nitrogen and oxygen atoms in total. The molecule has 17 heavy (non-hydrogen) atoms. The van der Waals surface area contributed by atoms with E-state index in [1.54, 1.807) is 12.3 Å². The van der Waals surface area contributed by atoms with Gasteiger partial charge in [-0.3, -0.25) is 0 Å². The zero-order chi connectivity index (χ0) is 12.4. The molecule has 1 atom stereocenters. The predicted octanol–water partition coefficient (Wildman–Crippen LogP) is 5.42. The van der Waals surface area contributed by atoms with Crippen molar-refractivity contribution < 1.29 is 4.42 Å². The monoisotopic (exact) mass is 288 g/mol. The van der Waals surface area contributed by atoms with Gasteiger partial charge in [0, 0.05) is 5.56 Å². The fraction of sp³-hybridized carbons (Fsp3) is 0.231. The van der Waals surface area contributed by atoms with Crippen LogP contribution in [0.15, 0.2) is 34.9 Å². The van der Waals surface area contributed by atoms with Gasteiger partial charge >= 0.3 is 0 Å². The normalized spacial score (nSPS) is 12.7. The minimum absolute atomic E-state index is 0.121. The molecule has 2 rings (SSSR count). The molecule has 0 radical (unpaired) electrons. The molecule has 0 saturated heterocycles. The van der Waals surface area contributed by atoms with Gasteiger partial charge in [-0.1, -0.05) is 29.3 Å². The highest BCUT2D eigenvalue weighted by molar-refractivity contribution is 6.42. The standard InChI is InChI=1S/C13H11Cl3O/c1-8-4-10(7-17-8)12(15)5-9-2-3-11(14)13(16)6-9/h2-4,6-7,12H,5H2,1H3. The summed E-state index contributed by atoms with van der Waals surface area (Å²) in [5.41, 5.74) is 2.04. The van der Waals surface area contributed by atoms with E-state index in [9.17, 15) is 0 Å². The zero-order valence-corrected chi connectivity index (χ0v) is 11.5. The Kier molecular flexibility index (Phi) is 4.03. The molecule has 1 aromatic carbocycles. The summed E-state index contributed by atoms with van der Waals surface area (Å²) in [7, 11) is 0. The molecule has 1 unspecified atom stereocenters. The third kappa shape index (κ3) is 3.19. The second-order valence-electron chi connectivity index (χ2n) is 3.91. The lowest BCUT2D eigenvalue weighted by molar-refractivity contribution is 0.531. The van der Waals surface area contributed by atoms with Crippen LogP contribution in [0.5, 0.6) is 0 Å². The van der Waals surface area contributed by atoms with Crippen molar-refractivity contribution >= 4 is 34.8 Å². The van der Waals surface area contributed by atoms with Crippen molar-refractivity contribution in [1.82, 2.24) is 0 Å². The van der Waals surface area contributed by atoms with E-state index in [0.717, 1.165) is 16.9 Å². The quantitative estimate of drug-likeness (QED) is 0.688. The molecule has 0 saturated carbocycles. The fourth-order valence-corrected chi connectivity index (χ4v) is 2.23. The van der Waals surface area contributed by atoms with Gasteiger partial charge in [0.1, 0.15) is 5.76 Å². The van der Waals surface area contributed by atoms with Gasteiger partial charge in [-0.15, -0.1) is 11.6 Å². The lowest BCUT2D eigenvalue weighted by Gasteiger charge is -2.07. The second-order valence-corrected chi connectivity index (χ2v) is 5.25. The van der Waals surface area contributed by atoms with Crippen LogP contribution in [0.1, 0.15) is 22.3 Å². The van der Waals surface area contributed by atoms with E-state index in [-0.39, 0.29) is 5.38 Å². The first-order valence-corrected chi connectivity index (χ1v) is 6.38. The first-order valence-electron chi connectivity index (χ1n) is 5.19. The number of halogens is 3. The number of furan rings is 1. The van der Waals surface area contributed by atoms with Crippen molar-refractivity contribution in [1.29, 1.82) is 0 Å². The third-order valence-corrected chi connectivity index (χ3v) is 3.66. The lowest BCUT2D eigenvalue weighted by atomic mass is 10.1. The Morgan fingerprint density at radius 3 is 2.53 bits per heavy atom. The molecular formula is C13H11Cl3O. The van der Waals surface area contributed by atoms with Crippen LogP contribution >= 0.6 is 34.8 Å². The number of hydrogen-bond donors (Lipinski definition) is 0. The molecular weight excluding hydrogens is 279 g/mol. The van der Waals surface area contributed by atoms with Crippen molar-refractivity contribution in [2.24, 2.45) is 0 Å². The van der Waals surface area contributed by atoms with Crippen LogP contribution in [-0.4, -0.2) is 0 Å². The van der Waals surface area contributed by atoms with Crippen molar-refractivity contribution in [2.75, 3.05) is 0 Å². The van der Waals surface area contributed by atoms with E-state index in [2.05, 4.69) is 0 Å². The van der Waals surface area contributed by atoms with E-state index >= 15 is 0 Å². The molecule has 1 heterocycles. The Labute approximate surface area is 115 Å². The number of alkyl halides is 1. The number of benzene rings is 1. The smallest absolute Gasteiger partial charge is 0.101 e. The third-order valence-electron chi connectivity index (χ3n) is 2.51. The van der Waals surface area contributed by atoms with E-state index in [1.807, 2.05) is 25.1 Å². The maximum absolute atomic E-state index is 6.31. The molecule has 0 aliphatic carbocycles. The van der Waals surface area contributed by atoms with E-state index < -0.39 is 0 Å². The maximum atomic E-state index is 6.31. The molecule has 2 aromatic rings. The summed E-state index contributed by atoms with van der Waals surface area (Å²) in [6.07, 6.45) is 2.38. The van der Waals surface area contributed by atoms with Gasteiger partial charge in [0.15, 0.2) is 0 Å². The number of rotatable bonds is 3. The SMILES string of the molecule is Cc1cc(C(Cl)Cc2ccc(Cl)c(Cl)c2)co1. The molecule has 0 fully saturated rings. The summed E-state index contributed by atoms with van der Waals surface area (Å²) < 4.78 is 5.23. The first-order chi connectivity index (χ1) is 8.06. The minimum atomic E-state index is -0.121. The molecule has 90 valence electrons. The molecule has 0 spiro atoms. The van der Waals surface area contributed by atoms with Gasteiger partial charge in [0.2, 0.25) is 0 Å². The van der Waals surface area contributed by atoms with Crippen LogP contribution in [0.3, 0.4) is 0 Å². The summed E-state index contributed by atoms with van der Waals surface area (Å²) >= 11 is 18.1. The van der Waals surface area contributed by atoms with Crippen LogP contribution < -0.4 is 0 Å². The molecule has 0 bridgehead atoms. The minimum Gasteiger partial charge on any atom is -0.469 e. The average Bonchev–Trinajstić information content (AvgIpc) is 2.70. The van der Waals surface area contributed by atoms with Gasteiger partial charge in [-0.2, -0.15) is 0 Å². The zero-order valence-electron chi connectivity index (χ0n) is 9.21. The Balaban J connectivity index is 2.12. The maximum Gasteiger partial charge on any atom is 0.101 e. The van der Waals surface area contributed by atoms with Gasteiger partial charge in [0.05, 0.1) is 21.7 Å². The summed E-state index contributed by atoms with van der Waals surface area (Å²) in [6, 6.07) is 7.49. The van der Waals surface area contributed by atoms with Crippen LogP contribution in [0, 0.1) is 6.92 Å². The van der Waals surface area contributed by atoms with Crippen LogP contribution in [0.2, 0.25) is 10.0 Å². The summed E-state index contributed by atoms with van der Waals surface area (Å²) in [6.45, 7) is 1.90. The molecule has 0 aliphatic heterocycles. The van der Waals surface area contributed by atoms with Crippen LogP contribution in [-0.2, 0) is 6.42 Å². The van der Waals surface area contributed by atoms with E-state index in [0.29, 0.717) is 16.5 Å². The Bertz CT molecular complexity index is 519. The Hall–Kier alpha value is -0.630. The molecule has 0 aliphatic rings. The summed E-state index contributed by atoms with van der Waals surface area (Å²) in [5, 5.41) is 0.988. The van der Waals surface area contributed by atoms with Crippen LogP contribution in [0.25, 0.3) is 0 Å². The van der Waals surface area contributed by atoms with Crippen molar-refractivity contribution in [3.63, 3.8) is 0 Å². The Morgan fingerprint density at radius 2 is 1.94 bits per heavy atom. The first kappa shape index (κ1) is 12.8. The molecule has 0 N–H and O–H groups in total. The average molecular weight is 290 g/mol. The summed E-state index contributed by atoms with van der Waals surface area (Å²) in [5.74, 6) is 0.861. The highest BCUT2D eigenvalue weighted by Gasteiger charge is 2.12. The van der Waals surface area contributed by atoms with Crippen molar-refractivity contribution in [3.05, 3.63) is 57.5 Å². The van der Waals surface area contributed by atoms with Crippen molar-refractivity contribution in [2.45, 2.75) is 18.7 Å². The molecule has 4 heteroatoms. The fourth-order valence-electron chi connectivity index (χ4n) is 1.62. The number of hydrogen-bond acceptors (Lipinski definition) is 1. The van der Waals surface area contributed by atoms with Gasteiger partial charge in [0.25, 0.3) is 0 Å². The van der Waals surface area contributed by atoms with Crippen molar-refractivity contribution in [3.8, 4) is 0 Å². The Morgan fingerprint density at radius 1 is 1.18 bits per heavy atom. The predicted molar refractivity (Wildman–Crippen MR) is 72.2 cm³/mol. The van der Waals surface area contributed by atoms with E-state index in [1.165, 1.54) is 0 Å². The second kappa shape index (κ2) is 5.34. The van der Waals surface area contributed by atoms with E-state index in [4.69, 9.17) is 39.2 Å². The highest BCUT2D eigenvalue weighted by Crippen LogP contribution is 2.29. The largest absolute Gasteiger partial charge is 0.469 e. The van der Waals surface area contributed by atoms with Gasteiger partial charge < -0.3 is 4.42 Å².